The van der Waals surface area contributed by atoms with Gasteiger partial charge in [-0.1, -0.05) is 79.7 Å². The highest BCUT2D eigenvalue weighted by atomic mass is 16.3. The van der Waals surface area contributed by atoms with Crippen LogP contribution in [0.5, 0.6) is 23.0 Å². The summed E-state index contributed by atoms with van der Waals surface area (Å²) in [6.45, 7) is 2.03. The smallest absolute Gasteiger partial charge is 0.123 e. The molecule has 164 valence electrons. The predicted molar refractivity (Wildman–Crippen MR) is 127 cm³/mol. The molecule has 0 amide bonds. The molecule has 4 N–H and O–H groups in total. The van der Waals surface area contributed by atoms with E-state index in [4.69, 9.17) is 0 Å². The van der Waals surface area contributed by atoms with Crippen LogP contribution in [0.15, 0.2) is 97.1 Å². The Morgan fingerprint density at radius 2 is 1.19 bits per heavy atom. The maximum absolute atomic E-state index is 9.76. The fourth-order valence-corrected chi connectivity index (χ4v) is 3.55. The first-order chi connectivity index (χ1) is 15.5. The van der Waals surface area contributed by atoms with E-state index in [0.29, 0.717) is 12.0 Å². The standard InChI is InChI=1S/2C14H14O2/c1-10(11-5-3-2-4-6-11)13-8-7-12(15)9-14(13)16;15-13-7-4-8-14(16)12(13)10-9-11-5-2-1-3-6-11/h2-10,15-16H,1H3;1-8,15-16H,9-10H2. The van der Waals surface area contributed by atoms with Gasteiger partial charge in [0.15, 0.2) is 0 Å². The van der Waals surface area contributed by atoms with Crippen LogP contribution in [0.2, 0.25) is 0 Å². The monoisotopic (exact) mass is 428 g/mol. The SMILES string of the molecule is CC(c1ccccc1)c1ccc(O)cc1O.Oc1cccc(O)c1CCc1ccccc1. The summed E-state index contributed by atoms with van der Waals surface area (Å²) in [5.74, 6) is 0.659. The lowest BCUT2D eigenvalue weighted by atomic mass is 9.92. The number of phenolic OH excluding ortho intramolecular Hbond substituents is 4. The van der Waals surface area contributed by atoms with Gasteiger partial charge in [0.2, 0.25) is 0 Å². The Balaban J connectivity index is 0.000000181. The molecule has 4 aromatic rings. The zero-order chi connectivity index (χ0) is 22.9. The quantitative estimate of drug-likeness (QED) is 0.308. The molecule has 32 heavy (non-hydrogen) atoms. The number of phenols is 4. The van der Waals surface area contributed by atoms with Crippen molar-refractivity contribution in [2.75, 3.05) is 0 Å². The predicted octanol–water partition coefficient (Wildman–Crippen LogP) is 6.13. The molecule has 1 unspecified atom stereocenters. The summed E-state index contributed by atoms with van der Waals surface area (Å²) in [6, 6.07) is 29.5. The highest BCUT2D eigenvalue weighted by molar-refractivity contribution is 5.45. The molecule has 0 aromatic heterocycles. The van der Waals surface area contributed by atoms with Gasteiger partial charge in [0.05, 0.1) is 0 Å². The number of rotatable bonds is 5. The number of aryl methyl sites for hydroxylation is 1. The first kappa shape index (κ1) is 22.8. The van der Waals surface area contributed by atoms with Crippen LogP contribution in [-0.2, 0) is 12.8 Å². The van der Waals surface area contributed by atoms with Gasteiger partial charge < -0.3 is 20.4 Å². The lowest BCUT2D eigenvalue weighted by Gasteiger charge is -2.14. The first-order valence-corrected chi connectivity index (χ1v) is 10.6. The van der Waals surface area contributed by atoms with Gasteiger partial charge >= 0.3 is 0 Å². The van der Waals surface area contributed by atoms with E-state index in [1.807, 2.05) is 67.6 Å². The summed E-state index contributed by atoms with van der Waals surface area (Å²) < 4.78 is 0. The molecule has 4 aromatic carbocycles. The Morgan fingerprint density at radius 1 is 0.594 bits per heavy atom. The fourth-order valence-electron chi connectivity index (χ4n) is 3.55. The summed E-state index contributed by atoms with van der Waals surface area (Å²) >= 11 is 0. The van der Waals surface area contributed by atoms with Crippen LogP contribution in [0, 0.1) is 0 Å². The van der Waals surface area contributed by atoms with E-state index in [2.05, 4.69) is 0 Å². The maximum atomic E-state index is 9.76. The molecule has 0 heterocycles. The summed E-state index contributed by atoms with van der Waals surface area (Å²) in [4.78, 5) is 0. The van der Waals surface area contributed by atoms with E-state index in [1.165, 1.54) is 11.6 Å². The summed E-state index contributed by atoms with van der Waals surface area (Å²) in [7, 11) is 0. The van der Waals surface area contributed by atoms with Crippen molar-refractivity contribution in [3.63, 3.8) is 0 Å². The van der Waals surface area contributed by atoms with Gasteiger partial charge in [0.1, 0.15) is 23.0 Å². The first-order valence-electron chi connectivity index (χ1n) is 10.6. The molecule has 0 aliphatic carbocycles. The second-order valence-corrected chi connectivity index (χ2v) is 7.64. The van der Waals surface area contributed by atoms with Crippen LogP contribution >= 0.6 is 0 Å². The van der Waals surface area contributed by atoms with Gasteiger partial charge in [-0.3, -0.25) is 0 Å². The molecule has 0 saturated heterocycles. The van der Waals surface area contributed by atoms with E-state index in [-0.39, 0.29) is 28.9 Å². The van der Waals surface area contributed by atoms with Crippen LogP contribution in [0.25, 0.3) is 0 Å². The van der Waals surface area contributed by atoms with Gasteiger partial charge in [-0.2, -0.15) is 0 Å². The van der Waals surface area contributed by atoms with Crippen molar-refractivity contribution in [2.24, 2.45) is 0 Å². The molecule has 4 nitrogen and oxygen atoms in total. The minimum atomic E-state index is 0.0847. The van der Waals surface area contributed by atoms with Crippen molar-refractivity contribution < 1.29 is 20.4 Å². The number of hydrogen-bond donors (Lipinski definition) is 4. The topological polar surface area (TPSA) is 80.9 Å². The Bertz CT molecular complexity index is 1100. The Labute approximate surface area is 188 Å². The van der Waals surface area contributed by atoms with Crippen molar-refractivity contribution in [1.29, 1.82) is 0 Å². The van der Waals surface area contributed by atoms with Crippen molar-refractivity contribution in [3.8, 4) is 23.0 Å². The minimum Gasteiger partial charge on any atom is -0.508 e. The third-order valence-electron chi connectivity index (χ3n) is 5.41. The lowest BCUT2D eigenvalue weighted by Crippen LogP contribution is -1.95. The van der Waals surface area contributed by atoms with Crippen molar-refractivity contribution in [1.82, 2.24) is 0 Å². The largest absolute Gasteiger partial charge is 0.508 e. The normalized spacial score (nSPS) is 11.3. The van der Waals surface area contributed by atoms with E-state index >= 15 is 0 Å². The molecule has 1 atom stereocenters. The van der Waals surface area contributed by atoms with Crippen LogP contribution in [-0.4, -0.2) is 20.4 Å². The molecule has 0 saturated carbocycles. The molecule has 0 aliphatic heterocycles. The van der Waals surface area contributed by atoms with Crippen LogP contribution in [0.4, 0.5) is 0 Å². The average molecular weight is 429 g/mol. The Kier molecular flexibility index (Phi) is 7.76. The van der Waals surface area contributed by atoms with E-state index < -0.39 is 0 Å². The fraction of sp³-hybridized carbons (Fsp3) is 0.143. The Hall–Kier alpha value is -3.92. The highest BCUT2D eigenvalue weighted by Gasteiger charge is 2.12. The van der Waals surface area contributed by atoms with Crippen LogP contribution < -0.4 is 0 Å². The summed E-state index contributed by atoms with van der Waals surface area (Å²) in [5.41, 5.74) is 3.78. The average Bonchev–Trinajstić information content (AvgIpc) is 2.80. The second-order valence-electron chi connectivity index (χ2n) is 7.64. The number of aromatic hydroxyl groups is 4. The zero-order valence-electron chi connectivity index (χ0n) is 18.0. The minimum absolute atomic E-state index is 0.0847. The van der Waals surface area contributed by atoms with Crippen LogP contribution in [0.3, 0.4) is 0 Å². The molecular weight excluding hydrogens is 400 g/mol. The Morgan fingerprint density at radius 3 is 1.78 bits per heavy atom. The van der Waals surface area contributed by atoms with Gasteiger partial charge in [0, 0.05) is 23.1 Å². The number of benzene rings is 4. The third kappa shape index (κ3) is 6.05. The lowest BCUT2D eigenvalue weighted by molar-refractivity contribution is 0.438. The molecule has 4 heteroatoms. The van der Waals surface area contributed by atoms with E-state index in [1.54, 1.807) is 30.3 Å². The molecule has 0 aliphatic rings. The number of hydrogen-bond acceptors (Lipinski definition) is 4. The van der Waals surface area contributed by atoms with Gasteiger partial charge in [-0.25, -0.2) is 0 Å². The van der Waals surface area contributed by atoms with Gasteiger partial charge in [-0.15, -0.1) is 0 Å². The maximum Gasteiger partial charge on any atom is 0.123 e. The van der Waals surface area contributed by atoms with E-state index in [0.717, 1.165) is 17.5 Å². The molecule has 0 fully saturated rings. The zero-order valence-corrected chi connectivity index (χ0v) is 18.0. The molecule has 4 rings (SSSR count). The van der Waals surface area contributed by atoms with E-state index in [9.17, 15) is 20.4 Å². The summed E-state index contributed by atoms with van der Waals surface area (Å²) in [6.07, 6.45) is 1.45. The van der Waals surface area contributed by atoms with Gasteiger partial charge in [-0.05, 0) is 42.2 Å². The highest BCUT2D eigenvalue weighted by Crippen LogP contribution is 2.33. The summed E-state index contributed by atoms with van der Waals surface area (Å²) in [5, 5.41) is 38.2. The third-order valence-corrected chi connectivity index (χ3v) is 5.41. The molecular formula is C28H28O4. The second kappa shape index (κ2) is 10.9. The molecule has 0 radical (unpaired) electrons. The van der Waals surface area contributed by atoms with Crippen molar-refractivity contribution in [2.45, 2.75) is 25.7 Å². The van der Waals surface area contributed by atoms with Crippen molar-refractivity contribution >= 4 is 0 Å². The molecule has 0 spiro atoms. The molecule has 0 bridgehead atoms. The van der Waals surface area contributed by atoms with Crippen LogP contribution in [0.1, 0.15) is 35.1 Å². The van der Waals surface area contributed by atoms with Crippen molar-refractivity contribution in [3.05, 3.63) is 119 Å². The van der Waals surface area contributed by atoms with Gasteiger partial charge in [0.25, 0.3) is 0 Å².